The first kappa shape index (κ1) is 10.9. The van der Waals surface area contributed by atoms with Crippen molar-refractivity contribution in [1.29, 1.82) is 0 Å². The van der Waals surface area contributed by atoms with E-state index in [9.17, 15) is 4.79 Å². The van der Waals surface area contributed by atoms with Gasteiger partial charge in [-0.1, -0.05) is 35.5 Å². The molecule has 2 rings (SSSR count). The highest BCUT2D eigenvalue weighted by Gasteiger charge is 2.05. The molecule has 0 aliphatic rings. The Kier molecular flexibility index (Phi) is 3.53. The summed E-state index contributed by atoms with van der Waals surface area (Å²) in [5.74, 6) is 0.0380. The summed E-state index contributed by atoms with van der Waals surface area (Å²) in [6.45, 7) is 0. The number of hydrogen-bond donors (Lipinski definition) is 2. The molecule has 0 fully saturated rings. The van der Waals surface area contributed by atoms with Crippen molar-refractivity contribution in [3.8, 4) is 0 Å². The van der Waals surface area contributed by atoms with Crippen LogP contribution >= 0.6 is 0 Å². The molecule has 7 nitrogen and oxygen atoms in total. The zero-order chi connectivity index (χ0) is 11.9. The van der Waals surface area contributed by atoms with E-state index in [0.717, 1.165) is 5.56 Å². The Morgan fingerprint density at radius 2 is 2.24 bits per heavy atom. The van der Waals surface area contributed by atoms with Gasteiger partial charge < -0.3 is 0 Å². The number of hydrazone groups is 1. The summed E-state index contributed by atoms with van der Waals surface area (Å²) in [6.07, 6.45) is 1.61. The Hall–Kier alpha value is -2.57. The fraction of sp³-hybridized carbons (Fsp3) is 0.100. The molecule has 0 bridgehead atoms. The molecule has 7 heteroatoms. The van der Waals surface area contributed by atoms with Gasteiger partial charge in [-0.3, -0.25) is 4.79 Å². The van der Waals surface area contributed by atoms with E-state index < -0.39 is 0 Å². The van der Waals surface area contributed by atoms with Gasteiger partial charge in [0.25, 0.3) is 0 Å². The van der Waals surface area contributed by atoms with Gasteiger partial charge in [0.15, 0.2) is 5.82 Å². The van der Waals surface area contributed by atoms with Gasteiger partial charge in [0, 0.05) is 0 Å². The maximum Gasteiger partial charge on any atom is 0.247 e. The van der Waals surface area contributed by atoms with Crippen LogP contribution in [-0.2, 0) is 11.2 Å². The molecule has 1 amide bonds. The zero-order valence-corrected chi connectivity index (χ0v) is 8.87. The lowest BCUT2D eigenvalue weighted by Crippen LogP contribution is -2.20. The molecule has 0 unspecified atom stereocenters. The van der Waals surface area contributed by atoms with E-state index in [2.05, 4.69) is 31.2 Å². The average molecular weight is 230 g/mol. The summed E-state index contributed by atoms with van der Waals surface area (Å²) < 4.78 is 0. The monoisotopic (exact) mass is 230 g/mol. The van der Waals surface area contributed by atoms with Crippen molar-refractivity contribution in [3.05, 3.63) is 41.7 Å². The van der Waals surface area contributed by atoms with Crippen molar-refractivity contribution in [2.45, 2.75) is 6.42 Å². The Labute approximate surface area is 96.9 Å². The van der Waals surface area contributed by atoms with E-state index in [4.69, 9.17) is 0 Å². The standard InChI is InChI=1S/C10H10N6O/c17-10(6-9-12-15-16-13-9)14-11-7-8-4-2-1-3-5-8/h1-5,7H,6H2,(H,14,17)(H,12,13,15,16)/b11-7-. The topological polar surface area (TPSA) is 95.9 Å². The van der Waals surface area contributed by atoms with Crippen LogP contribution in [0, 0.1) is 0 Å². The predicted octanol–water partition coefficient (Wildman–Crippen LogP) is -0.107. The van der Waals surface area contributed by atoms with Crippen LogP contribution in [0.15, 0.2) is 35.4 Å². The second-order valence-electron chi connectivity index (χ2n) is 3.21. The van der Waals surface area contributed by atoms with E-state index in [1.54, 1.807) is 6.21 Å². The second-order valence-corrected chi connectivity index (χ2v) is 3.21. The maximum atomic E-state index is 11.4. The van der Waals surface area contributed by atoms with E-state index in [1.165, 1.54) is 0 Å². The number of amides is 1. The van der Waals surface area contributed by atoms with Crippen molar-refractivity contribution in [2.75, 3.05) is 0 Å². The van der Waals surface area contributed by atoms with Crippen molar-refractivity contribution in [1.82, 2.24) is 26.0 Å². The number of nitrogens with zero attached hydrogens (tertiary/aromatic N) is 4. The lowest BCUT2D eigenvalue weighted by atomic mass is 10.2. The third kappa shape index (κ3) is 3.49. The number of H-pyrrole nitrogens is 1. The molecule has 0 atom stereocenters. The number of carbonyl (C=O) groups excluding carboxylic acids is 1. The van der Waals surface area contributed by atoms with E-state index in [-0.39, 0.29) is 12.3 Å². The summed E-state index contributed by atoms with van der Waals surface area (Å²) in [4.78, 5) is 11.4. The molecular weight excluding hydrogens is 220 g/mol. The average Bonchev–Trinajstić information content (AvgIpc) is 2.83. The number of aromatic amines is 1. The smallest absolute Gasteiger partial charge is 0.247 e. The molecule has 0 aliphatic heterocycles. The summed E-state index contributed by atoms with van der Waals surface area (Å²) in [5.41, 5.74) is 3.29. The normalized spacial score (nSPS) is 10.6. The highest BCUT2D eigenvalue weighted by atomic mass is 16.2. The minimum Gasteiger partial charge on any atom is -0.273 e. The summed E-state index contributed by atoms with van der Waals surface area (Å²) >= 11 is 0. The molecule has 86 valence electrons. The van der Waals surface area contributed by atoms with Gasteiger partial charge in [0.1, 0.15) is 0 Å². The van der Waals surface area contributed by atoms with E-state index in [0.29, 0.717) is 5.82 Å². The number of nitrogens with one attached hydrogen (secondary N) is 2. The van der Waals surface area contributed by atoms with Gasteiger partial charge in [0.05, 0.1) is 12.6 Å². The first-order valence-corrected chi connectivity index (χ1v) is 4.94. The second kappa shape index (κ2) is 5.50. The Balaban J connectivity index is 1.82. The summed E-state index contributed by atoms with van der Waals surface area (Å²) in [6, 6.07) is 9.46. The van der Waals surface area contributed by atoms with Crippen LogP contribution < -0.4 is 5.43 Å². The summed E-state index contributed by atoms with van der Waals surface area (Å²) in [7, 11) is 0. The number of rotatable bonds is 4. The van der Waals surface area contributed by atoms with Crippen LogP contribution in [0.1, 0.15) is 11.4 Å². The molecule has 0 saturated carbocycles. The zero-order valence-electron chi connectivity index (χ0n) is 8.87. The van der Waals surface area contributed by atoms with Crippen molar-refractivity contribution in [3.63, 3.8) is 0 Å². The third-order valence-electron chi connectivity index (χ3n) is 1.91. The molecule has 17 heavy (non-hydrogen) atoms. The molecule has 2 aromatic rings. The lowest BCUT2D eigenvalue weighted by molar-refractivity contribution is -0.120. The maximum absolute atomic E-state index is 11.4. The lowest BCUT2D eigenvalue weighted by Gasteiger charge is -1.95. The molecule has 0 radical (unpaired) electrons. The van der Waals surface area contributed by atoms with Gasteiger partial charge in [-0.2, -0.15) is 10.3 Å². The largest absolute Gasteiger partial charge is 0.273 e. The van der Waals surface area contributed by atoms with Crippen molar-refractivity contribution < 1.29 is 4.79 Å². The van der Waals surface area contributed by atoms with Gasteiger partial charge in [-0.15, -0.1) is 10.2 Å². The molecule has 0 spiro atoms. The highest BCUT2D eigenvalue weighted by molar-refractivity contribution is 5.82. The molecular formula is C10H10N6O. The highest BCUT2D eigenvalue weighted by Crippen LogP contribution is 1.93. The van der Waals surface area contributed by atoms with Crippen LogP contribution in [0.4, 0.5) is 0 Å². The van der Waals surface area contributed by atoms with Gasteiger partial charge in [0.2, 0.25) is 5.91 Å². The molecule has 1 aromatic heterocycles. The van der Waals surface area contributed by atoms with E-state index in [1.807, 2.05) is 30.3 Å². The first-order chi connectivity index (χ1) is 8.34. The van der Waals surface area contributed by atoms with Crippen LogP contribution in [-0.4, -0.2) is 32.7 Å². The third-order valence-corrected chi connectivity index (χ3v) is 1.91. The fourth-order valence-electron chi connectivity index (χ4n) is 1.16. The molecule has 1 heterocycles. The summed E-state index contributed by atoms with van der Waals surface area (Å²) in [5, 5.41) is 16.8. The number of aromatic nitrogens is 4. The van der Waals surface area contributed by atoms with Crippen LogP contribution in [0.5, 0.6) is 0 Å². The molecule has 0 aliphatic carbocycles. The Morgan fingerprint density at radius 3 is 2.94 bits per heavy atom. The number of benzene rings is 1. The molecule has 2 N–H and O–H groups in total. The van der Waals surface area contributed by atoms with Gasteiger partial charge >= 0.3 is 0 Å². The van der Waals surface area contributed by atoms with Crippen molar-refractivity contribution in [2.24, 2.45) is 5.10 Å². The fourth-order valence-corrected chi connectivity index (χ4v) is 1.16. The quantitative estimate of drug-likeness (QED) is 0.566. The first-order valence-electron chi connectivity index (χ1n) is 4.94. The molecule has 1 aromatic carbocycles. The van der Waals surface area contributed by atoms with Crippen LogP contribution in [0.25, 0.3) is 0 Å². The number of carbonyl (C=O) groups is 1. The number of hydrogen-bond acceptors (Lipinski definition) is 5. The predicted molar refractivity (Wildman–Crippen MR) is 60.1 cm³/mol. The van der Waals surface area contributed by atoms with Crippen molar-refractivity contribution >= 4 is 12.1 Å². The minimum atomic E-state index is -0.293. The molecule has 0 saturated heterocycles. The van der Waals surface area contributed by atoms with Crippen LogP contribution in [0.2, 0.25) is 0 Å². The van der Waals surface area contributed by atoms with E-state index >= 15 is 0 Å². The van der Waals surface area contributed by atoms with Gasteiger partial charge in [-0.05, 0) is 5.56 Å². The van der Waals surface area contributed by atoms with Crippen LogP contribution in [0.3, 0.4) is 0 Å². The number of tetrazole rings is 1. The van der Waals surface area contributed by atoms with Gasteiger partial charge in [-0.25, -0.2) is 5.43 Å². The SMILES string of the molecule is O=C(Cc1nn[nH]n1)N/N=C\c1ccccc1. The Morgan fingerprint density at radius 1 is 1.41 bits per heavy atom. The Bertz CT molecular complexity index is 493. The minimum absolute atomic E-state index is 0.0443.